The zero-order valence-electron chi connectivity index (χ0n) is 19.0. The zero-order valence-corrected chi connectivity index (χ0v) is 19.9. The number of rotatable bonds is 7. The molecule has 7 heteroatoms. The van der Waals surface area contributed by atoms with Crippen LogP contribution in [0.4, 0.5) is 0 Å². The van der Waals surface area contributed by atoms with Crippen LogP contribution in [0, 0.1) is 0 Å². The van der Waals surface area contributed by atoms with Crippen molar-refractivity contribution < 1.29 is 14.3 Å². The topological polar surface area (TPSA) is 63.6 Å². The molecule has 0 saturated heterocycles. The Morgan fingerprint density at radius 2 is 2.00 bits per heavy atom. The molecule has 1 saturated carbocycles. The number of nitrogens with one attached hydrogen (secondary N) is 1. The van der Waals surface area contributed by atoms with Crippen molar-refractivity contribution in [3.8, 4) is 0 Å². The smallest absolute Gasteiger partial charge is 0.271 e. The van der Waals surface area contributed by atoms with Crippen LogP contribution in [0.25, 0.3) is 10.2 Å². The maximum Gasteiger partial charge on any atom is 0.271 e. The van der Waals surface area contributed by atoms with Crippen LogP contribution in [0.2, 0.25) is 0 Å². The van der Waals surface area contributed by atoms with E-state index in [1.807, 2.05) is 13.0 Å². The fourth-order valence-corrected chi connectivity index (χ4v) is 6.09. The van der Waals surface area contributed by atoms with Gasteiger partial charge in [-0.2, -0.15) is 0 Å². The SMILES string of the molecule is CCc1cc2c(cc3n2C[C@@](C)(C(=O)NC2CCCCCC2)N(CCCOC)C3=O)s1. The van der Waals surface area contributed by atoms with Gasteiger partial charge < -0.3 is 19.5 Å². The Bertz CT molecular complexity index is 941. The number of amides is 2. The monoisotopic (exact) mass is 445 g/mol. The molecular weight excluding hydrogens is 410 g/mol. The molecule has 0 radical (unpaired) electrons. The minimum absolute atomic E-state index is 0.0244. The van der Waals surface area contributed by atoms with Gasteiger partial charge in [0.2, 0.25) is 5.91 Å². The van der Waals surface area contributed by atoms with Gasteiger partial charge in [0, 0.05) is 31.2 Å². The number of carbonyl (C=O) groups is 2. The van der Waals surface area contributed by atoms with Crippen LogP contribution in [-0.2, 0) is 22.5 Å². The van der Waals surface area contributed by atoms with E-state index >= 15 is 0 Å². The highest BCUT2D eigenvalue weighted by molar-refractivity contribution is 7.19. The van der Waals surface area contributed by atoms with Gasteiger partial charge in [-0.25, -0.2) is 0 Å². The third-order valence-electron chi connectivity index (χ3n) is 6.92. The van der Waals surface area contributed by atoms with Crippen LogP contribution in [0.15, 0.2) is 12.1 Å². The summed E-state index contributed by atoms with van der Waals surface area (Å²) in [7, 11) is 1.67. The van der Waals surface area contributed by atoms with E-state index < -0.39 is 5.54 Å². The fraction of sp³-hybridized carbons (Fsp3) is 0.667. The Morgan fingerprint density at radius 1 is 1.26 bits per heavy atom. The van der Waals surface area contributed by atoms with E-state index in [0.717, 1.165) is 42.3 Å². The highest BCUT2D eigenvalue weighted by Crippen LogP contribution is 2.36. The molecule has 1 aliphatic heterocycles. The normalized spacial score (nSPS) is 22.5. The van der Waals surface area contributed by atoms with E-state index in [1.165, 1.54) is 17.7 Å². The van der Waals surface area contributed by atoms with Crippen molar-refractivity contribution in [3.63, 3.8) is 0 Å². The lowest BCUT2D eigenvalue weighted by Crippen LogP contribution is -2.65. The van der Waals surface area contributed by atoms with Crippen LogP contribution in [0.1, 0.15) is 74.2 Å². The highest BCUT2D eigenvalue weighted by atomic mass is 32.1. The zero-order chi connectivity index (χ0) is 22.0. The third-order valence-corrected chi connectivity index (χ3v) is 8.14. The van der Waals surface area contributed by atoms with Crippen LogP contribution in [-0.4, -0.2) is 53.1 Å². The molecular formula is C24H35N3O3S. The Balaban J connectivity index is 1.66. The summed E-state index contributed by atoms with van der Waals surface area (Å²) >= 11 is 1.74. The molecule has 1 atom stereocenters. The first-order valence-corrected chi connectivity index (χ1v) is 12.5. The average Bonchev–Trinajstić information content (AvgIpc) is 3.19. The number of nitrogens with zero attached hydrogens (tertiary/aromatic N) is 2. The summed E-state index contributed by atoms with van der Waals surface area (Å²) < 4.78 is 8.43. The molecule has 0 unspecified atom stereocenters. The molecule has 3 heterocycles. The first-order chi connectivity index (χ1) is 15.0. The van der Waals surface area contributed by atoms with Crippen LogP contribution >= 0.6 is 11.3 Å². The second kappa shape index (κ2) is 9.33. The Kier molecular flexibility index (Phi) is 6.72. The van der Waals surface area contributed by atoms with E-state index in [-0.39, 0.29) is 17.9 Å². The van der Waals surface area contributed by atoms with E-state index in [2.05, 4.69) is 22.9 Å². The predicted octanol–water partition coefficient (Wildman–Crippen LogP) is 4.36. The first-order valence-electron chi connectivity index (χ1n) is 11.7. The lowest BCUT2D eigenvalue weighted by Gasteiger charge is -2.44. The van der Waals surface area contributed by atoms with E-state index in [9.17, 15) is 9.59 Å². The lowest BCUT2D eigenvalue weighted by atomic mass is 9.93. The number of fused-ring (bicyclic) bond motifs is 3. The fourth-order valence-electron chi connectivity index (χ4n) is 5.04. The number of hydrogen-bond donors (Lipinski definition) is 1. The van der Waals surface area contributed by atoms with Gasteiger partial charge in [0.15, 0.2) is 0 Å². The van der Waals surface area contributed by atoms with Crippen LogP contribution in [0.3, 0.4) is 0 Å². The molecule has 0 spiro atoms. The number of aromatic nitrogens is 1. The van der Waals surface area contributed by atoms with Crippen molar-refractivity contribution in [2.24, 2.45) is 0 Å². The average molecular weight is 446 g/mol. The first kappa shape index (κ1) is 22.3. The molecule has 1 fully saturated rings. The summed E-state index contributed by atoms with van der Waals surface area (Å²) in [4.78, 5) is 30.4. The van der Waals surface area contributed by atoms with Gasteiger partial charge >= 0.3 is 0 Å². The van der Waals surface area contributed by atoms with Gasteiger partial charge in [0.1, 0.15) is 11.2 Å². The number of carbonyl (C=O) groups excluding carboxylic acids is 2. The van der Waals surface area contributed by atoms with Crippen molar-refractivity contribution in [1.29, 1.82) is 0 Å². The van der Waals surface area contributed by atoms with Gasteiger partial charge in [-0.3, -0.25) is 9.59 Å². The minimum Gasteiger partial charge on any atom is -0.385 e. The number of methoxy groups -OCH3 is 1. The Labute approximate surface area is 188 Å². The lowest BCUT2D eigenvalue weighted by molar-refractivity contribution is -0.133. The number of ether oxygens (including phenoxy) is 1. The molecule has 2 aromatic heterocycles. The van der Waals surface area contributed by atoms with Crippen molar-refractivity contribution in [2.75, 3.05) is 20.3 Å². The Morgan fingerprint density at radius 3 is 2.68 bits per heavy atom. The van der Waals surface area contributed by atoms with Crippen LogP contribution < -0.4 is 5.32 Å². The quantitative estimate of drug-likeness (QED) is 0.509. The van der Waals surface area contributed by atoms with Crippen molar-refractivity contribution >= 4 is 33.4 Å². The molecule has 1 N–H and O–H groups in total. The van der Waals surface area contributed by atoms with Crippen LogP contribution in [0.5, 0.6) is 0 Å². The predicted molar refractivity (Wildman–Crippen MR) is 125 cm³/mol. The molecule has 2 amide bonds. The molecule has 1 aliphatic carbocycles. The molecule has 2 aliphatic rings. The van der Waals surface area contributed by atoms with Gasteiger partial charge in [0.05, 0.1) is 16.8 Å². The van der Waals surface area contributed by atoms with Gasteiger partial charge in [0.25, 0.3) is 5.91 Å². The second-order valence-electron chi connectivity index (χ2n) is 9.17. The molecule has 2 aromatic rings. The number of aryl methyl sites for hydroxylation is 1. The molecule has 0 bridgehead atoms. The minimum atomic E-state index is -0.912. The van der Waals surface area contributed by atoms with Gasteiger partial charge in [-0.05, 0) is 44.7 Å². The van der Waals surface area contributed by atoms with Crippen molar-refractivity contribution in [3.05, 3.63) is 22.7 Å². The highest BCUT2D eigenvalue weighted by Gasteiger charge is 2.48. The second-order valence-corrected chi connectivity index (χ2v) is 10.3. The molecule has 31 heavy (non-hydrogen) atoms. The van der Waals surface area contributed by atoms with E-state index in [4.69, 9.17) is 4.74 Å². The summed E-state index contributed by atoms with van der Waals surface area (Å²) in [5.41, 5.74) is 0.862. The number of thiophene rings is 1. The van der Waals surface area contributed by atoms with Gasteiger partial charge in [-0.15, -0.1) is 11.3 Å². The number of hydrogen-bond acceptors (Lipinski definition) is 4. The standard InChI is InChI=1S/C24H35N3O3S/c1-4-18-14-19-21(31-18)15-20-22(28)27(12-9-13-30-3)24(2,16-26(19)20)23(29)25-17-10-7-5-6-8-11-17/h14-15,17H,4-13,16H2,1-3H3,(H,25,29)/t24-/m0/s1. The molecule has 170 valence electrons. The third kappa shape index (κ3) is 4.27. The molecule has 0 aromatic carbocycles. The maximum absolute atomic E-state index is 13.7. The summed E-state index contributed by atoms with van der Waals surface area (Å²) in [5, 5.41) is 3.32. The summed E-state index contributed by atoms with van der Waals surface area (Å²) in [6, 6.07) is 4.40. The summed E-state index contributed by atoms with van der Waals surface area (Å²) in [5.74, 6) is -0.0778. The van der Waals surface area contributed by atoms with Gasteiger partial charge in [-0.1, -0.05) is 32.6 Å². The summed E-state index contributed by atoms with van der Waals surface area (Å²) in [6.07, 6.45) is 8.56. The molecule has 6 nitrogen and oxygen atoms in total. The Hall–Kier alpha value is -1.86. The maximum atomic E-state index is 13.7. The summed E-state index contributed by atoms with van der Waals surface area (Å²) in [6.45, 7) is 5.66. The molecule has 4 rings (SSSR count). The van der Waals surface area contributed by atoms with Crippen molar-refractivity contribution in [1.82, 2.24) is 14.8 Å². The van der Waals surface area contributed by atoms with E-state index in [0.29, 0.717) is 31.8 Å². The largest absolute Gasteiger partial charge is 0.385 e. The van der Waals surface area contributed by atoms with E-state index in [1.54, 1.807) is 23.3 Å². The van der Waals surface area contributed by atoms with Crippen molar-refractivity contribution in [2.45, 2.75) is 83.3 Å².